The van der Waals surface area contributed by atoms with Gasteiger partial charge in [-0.3, -0.25) is 9.59 Å². The minimum atomic E-state index is -0.498. The molecule has 4 nitrogen and oxygen atoms in total. The molecule has 1 aromatic rings. The molecule has 2 saturated heterocycles. The van der Waals surface area contributed by atoms with Crippen molar-refractivity contribution in [2.24, 2.45) is 0 Å². The van der Waals surface area contributed by atoms with E-state index in [1.165, 1.54) is 18.2 Å². The molecule has 2 fully saturated rings. The first-order chi connectivity index (χ1) is 11.5. The molecule has 0 bridgehead atoms. The van der Waals surface area contributed by atoms with Gasteiger partial charge in [-0.1, -0.05) is 11.6 Å². The number of piperidine rings is 1. The van der Waals surface area contributed by atoms with Crippen molar-refractivity contribution in [3.8, 4) is 0 Å². The van der Waals surface area contributed by atoms with Crippen molar-refractivity contribution < 1.29 is 14.0 Å². The summed E-state index contributed by atoms with van der Waals surface area (Å²) >= 11 is 5.88. The minimum Gasteiger partial charge on any atom is -0.343 e. The van der Waals surface area contributed by atoms with Gasteiger partial charge in [0.25, 0.3) is 5.91 Å². The summed E-state index contributed by atoms with van der Waals surface area (Å²) in [6.07, 6.45) is 5.29. The SMILES string of the molecule is O=C1CCCN1CC[C@H]1CCCCN1C(=O)c1cc(F)cc(Cl)c1. The quantitative estimate of drug-likeness (QED) is 0.832. The van der Waals surface area contributed by atoms with Crippen molar-refractivity contribution in [1.29, 1.82) is 0 Å². The van der Waals surface area contributed by atoms with Crippen LogP contribution in [0.3, 0.4) is 0 Å². The Morgan fingerprint density at radius 1 is 1.21 bits per heavy atom. The van der Waals surface area contributed by atoms with Gasteiger partial charge in [0.05, 0.1) is 0 Å². The number of hydrogen-bond donors (Lipinski definition) is 0. The third-order valence-electron chi connectivity index (χ3n) is 4.90. The second-order valence-corrected chi connectivity index (χ2v) is 7.02. The Hall–Kier alpha value is -1.62. The lowest BCUT2D eigenvalue weighted by atomic mass is 9.98. The molecule has 0 aliphatic carbocycles. The van der Waals surface area contributed by atoms with Crippen LogP contribution in [-0.4, -0.2) is 47.3 Å². The zero-order chi connectivity index (χ0) is 17.1. The molecule has 0 saturated carbocycles. The van der Waals surface area contributed by atoms with E-state index in [1.54, 1.807) is 0 Å². The van der Waals surface area contributed by atoms with E-state index in [0.29, 0.717) is 25.1 Å². The number of carbonyl (C=O) groups is 2. The normalized spacial score (nSPS) is 21.4. The zero-order valence-electron chi connectivity index (χ0n) is 13.6. The smallest absolute Gasteiger partial charge is 0.254 e. The van der Waals surface area contributed by atoms with Crippen LogP contribution in [0, 0.1) is 5.82 Å². The Labute approximate surface area is 146 Å². The summed E-state index contributed by atoms with van der Waals surface area (Å²) < 4.78 is 13.5. The number of hydrogen-bond acceptors (Lipinski definition) is 2. The predicted molar refractivity (Wildman–Crippen MR) is 90.5 cm³/mol. The first-order valence-corrected chi connectivity index (χ1v) is 8.97. The molecular formula is C18H22ClFN2O2. The van der Waals surface area contributed by atoms with E-state index in [-0.39, 0.29) is 22.9 Å². The number of nitrogens with zero attached hydrogens (tertiary/aromatic N) is 2. The van der Waals surface area contributed by atoms with Gasteiger partial charge in [-0.05, 0) is 50.3 Å². The summed E-state index contributed by atoms with van der Waals surface area (Å²) in [5.41, 5.74) is 0.296. The number of benzene rings is 1. The fourth-order valence-electron chi connectivity index (χ4n) is 3.66. The van der Waals surface area contributed by atoms with Gasteiger partial charge in [0.1, 0.15) is 5.82 Å². The molecule has 2 aliphatic heterocycles. The van der Waals surface area contributed by atoms with Crippen LogP contribution in [0.2, 0.25) is 5.02 Å². The van der Waals surface area contributed by atoms with Gasteiger partial charge in [0.15, 0.2) is 0 Å². The van der Waals surface area contributed by atoms with Gasteiger partial charge in [0, 0.05) is 42.7 Å². The Bertz CT molecular complexity index is 617. The summed E-state index contributed by atoms with van der Waals surface area (Å²) in [6.45, 7) is 2.18. The maximum absolute atomic E-state index is 13.5. The number of rotatable bonds is 4. The topological polar surface area (TPSA) is 40.6 Å². The third-order valence-corrected chi connectivity index (χ3v) is 5.12. The molecular weight excluding hydrogens is 331 g/mol. The largest absolute Gasteiger partial charge is 0.343 e. The maximum Gasteiger partial charge on any atom is 0.254 e. The van der Waals surface area contributed by atoms with Crippen LogP contribution < -0.4 is 0 Å². The van der Waals surface area contributed by atoms with Crippen LogP contribution in [0.25, 0.3) is 0 Å². The standard InChI is InChI=1S/C18H22ClFN2O2/c19-14-10-13(11-15(20)12-14)18(24)22-8-2-1-4-16(22)6-9-21-7-3-5-17(21)23/h10-12,16H,1-9H2/t16-/m1/s1. The first-order valence-electron chi connectivity index (χ1n) is 8.59. The fraction of sp³-hybridized carbons (Fsp3) is 0.556. The van der Waals surface area contributed by atoms with Crippen LogP contribution in [-0.2, 0) is 4.79 Å². The van der Waals surface area contributed by atoms with Gasteiger partial charge in [-0.2, -0.15) is 0 Å². The summed E-state index contributed by atoms with van der Waals surface area (Å²) in [5.74, 6) is -0.462. The van der Waals surface area contributed by atoms with Gasteiger partial charge in [0.2, 0.25) is 5.91 Å². The van der Waals surface area contributed by atoms with Crippen LogP contribution >= 0.6 is 11.6 Å². The molecule has 1 atom stereocenters. The van der Waals surface area contributed by atoms with Crippen molar-refractivity contribution in [2.45, 2.75) is 44.6 Å². The van der Waals surface area contributed by atoms with E-state index in [0.717, 1.165) is 38.6 Å². The van der Waals surface area contributed by atoms with Crippen LogP contribution in [0.15, 0.2) is 18.2 Å². The van der Waals surface area contributed by atoms with E-state index >= 15 is 0 Å². The molecule has 3 rings (SSSR count). The minimum absolute atomic E-state index is 0.0988. The molecule has 24 heavy (non-hydrogen) atoms. The van der Waals surface area contributed by atoms with E-state index in [1.807, 2.05) is 9.80 Å². The van der Waals surface area contributed by atoms with E-state index < -0.39 is 5.82 Å². The van der Waals surface area contributed by atoms with Crippen molar-refractivity contribution >= 4 is 23.4 Å². The first kappa shape index (κ1) is 17.2. The van der Waals surface area contributed by atoms with Crippen LogP contribution in [0.5, 0.6) is 0 Å². The Balaban J connectivity index is 1.69. The molecule has 130 valence electrons. The van der Waals surface area contributed by atoms with E-state index in [4.69, 9.17) is 11.6 Å². The highest BCUT2D eigenvalue weighted by Gasteiger charge is 2.29. The number of halogens is 2. The molecule has 0 unspecified atom stereocenters. The molecule has 2 aliphatic rings. The second kappa shape index (κ2) is 7.51. The monoisotopic (exact) mass is 352 g/mol. The highest BCUT2D eigenvalue weighted by molar-refractivity contribution is 6.31. The predicted octanol–water partition coefficient (Wildman–Crippen LogP) is 3.49. The number of carbonyl (C=O) groups excluding carboxylic acids is 2. The lowest BCUT2D eigenvalue weighted by Gasteiger charge is -2.36. The van der Waals surface area contributed by atoms with E-state index in [9.17, 15) is 14.0 Å². The Morgan fingerprint density at radius 3 is 2.75 bits per heavy atom. The van der Waals surface area contributed by atoms with Crippen molar-refractivity contribution in [2.75, 3.05) is 19.6 Å². The second-order valence-electron chi connectivity index (χ2n) is 6.58. The van der Waals surface area contributed by atoms with Gasteiger partial charge in [-0.15, -0.1) is 0 Å². The molecule has 2 heterocycles. The lowest BCUT2D eigenvalue weighted by Crippen LogP contribution is -2.45. The summed E-state index contributed by atoms with van der Waals surface area (Å²) in [4.78, 5) is 28.3. The molecule has 1 aromatic carbocycles. The highest BCUT2D eigenvalue weighted by Crippen LogP contribution is 2.24. The molecule has 0 N–H and O–H groups in total. The average Bonchev–Trinajstić information content (AvgIpc) is 2.97. The average molecular weight is 353 g/mol. The van der Waals surface area contributed by atoms with Crippen LogP contribution in [0.1, 0.15) is 48.9 Å². The maximum atomic E-state index is 13.5. The number of likely N-dealkylation sites (tertiary alicyclic amines) is 2. The zero-order valence-corrected chi connectivity index (χ0v) is 14.4. The van der Waals surface area contributed by atoms with Crippen molar-refractivity contribution in [1.82, 2.24) is 9.80 Å². The fourth-order valence-corrected chi connectivity index (χ4v) is 3.88. The molecule has 2 amide bonds. The van der Waals surface area contributed by atoms with Crippen LogP contribution in [0.4, 0.5) is 4.39 Å². The third kappa shape index (κ3) is 3.89. The highest BCUT2D eigenvalue weighted by atomic mass is 35.5. The lowest BCUT2D eigenvalue weighted by molar-refractivity contribution is -0.127. The summed E-state index contributed by atoms with van der Waals surface area (Å²) in [7, 11) is 0. The Morgan fingerprint density at radius 2 is 2.04 bits per heavy atom. The van der Waals surface area contributed by atoms with Gasteiger partial charge >= 0.3 is 0 Å². The number of amides is 2. The Kier molecular flexibility index (Phi) is 5.39. The van der Waals surface area contributed by atoms with Gasteiger partial charge < -0.3 is 9.80 Å². The molecule has 0 aromatic heterocycles. The molecule has 0 spiro atoms. The van der Waals surface area contributed by atoms with Crippen molar-refractivity contribution in [3.05, 3.63) is 34.6 Å². The van der Waals surface area contributed by atoms with Gasteiger partial charge in [-0.25, -0.2) is 4.39 Å². The summed E-state index contributed by atoms with van der Waals surface area (Å²) in [6, 6.07) is 4.05. The van der Waals surface area contributed by atoms with Crippen molar-refractivity contribution in [3.63, 3.8) is 0 Å². The molecule has 0 radical (unpaired) electrons. The molecule has 6 heteroatoms. The van der Waals surface area contributed by atoms with E-state index in [2.05, 4.69) is 0 Å². The summed E-state index contributed by atoms with van der Waals surface area (Å²) in [5, 5.41) is 0.231.